The van der Waals surface area contributed by atoms with E-state index in [0.29, 0.717) is 6.54 Å². The Hall–Kier alpha value is -0.910. The summed E-state index contributed by atoms with van der Waals surface area (Å²) in [6.07, 6.45) is 1.32. The molecule has 0 unspecified atom stereocenters. The summed E-state index contributed by atoms with van der Waals surface area (Å²) in [7, 11) is 2.21. The molecule has 21 heavy (non-hydrogen) atoms. The summed E-state index contributed by atoms with van der Waals surface area (Å²) in [5.41, 5.74) is 3.60. The molecule has 2 heterocycles. The lowest BCUT2D eigenvalue weighted by molar-refractivity contribution is 0.258. The maximum atomic E-state index is 9.09. The summed E-state index contributed by atoms with van der Waals surface area (Å²) < 4.78 is 1.92. The maximum Gasteiger partial charge on any atom is 0.0644 e. The van der Waals surface area contributed by atoms with Crippen LogP contribution in [0.1, 0.15) is 30.3 Å². The highest BCUT2D eigenvalue weighted by Gasteiger charge is 2.23. The van der Waals surface area contributed by atoms with Gasteiger partial charge in [0.2, 0.25) is 0 Å². The van der Waals surface area contributed by atoms with Crippen molar-refractivity contribution in [3.05, 3.63) is 17.0 Å². The fourth-order valence-corrected chi connectivity index (χ4v) is 3.40. The average Bonchev–Trinajstić information content (AvgIpc) is 2.99. The minimum Gasteiger partial charge on any atom is -0.394 e. The van der Waals surface area contributed by atoms with Gasteiger partial charge in [-0.2, -0.15) is 5.10 Å². The van der Waals surface area contributed by atoms with E-state index in [1.807, 2.05) is 4.68 Å². The molecule has 0 bridgehead atoms. The average molecular weight is 294 g/mol. The molecule has 1 N–H and O–H groups in total. The van der Waals surface area contributed by atoms with Crippen LogP contribution >= 0.6 is 0 Å². The standard InChI is InChI=1S/C16H30N4O/c1-5-19-7-6-15(11-19)10-18(4)12-16-13(2)17-20(8-9-21)14(16)3/h15,21H,5-12H2,1-4H3/t15-/m1/s1. The molecule has 0 amide bonds. The Labute approximate surface area is 128 Å². The van der Waals surface area contributed by atoms with Gasteiger partial charge in [-0.1, -0.05) is 6.92 Å². The van der Waals surface area contributed by atoms with Gasteiger partial charge in [-0.25, -0.2) is 0 Å². The number of aryl methyl sites for hydroxylation is 1. The molecular weight excluding hydrogens is 264 g/mol. The van der Waals surface area contributed by atoms with Crippen molar-refractivity contribution in [3.63, 3.8) is 0 Å². The molecule has 5 nitrogen and oxygen atoms in total. The second-order valence-electron chi connectivity index (χ2n) is 6.34. The van der Waals surface area contributed by atoms with Crippen LogP contribution in [-0.4, -0.2) is 64.5 Å². The molecule has 0 spiro atoms. The fourth-order valence-electron chi connectivity index (χ4n) is 3.40. The van der Waals surface area contributed by atoms with Gasteiger partial charge in [0.25, 0.3) is 0 Å². The summed E-state index contributed by atoms with van der Waals surface area (Å²) >= 11 is 0. The highest BCUT2D eigenvalue weighted by Crippen LogP contribution is 2.19. The van der Waals surface area contributed by atoms with Gasteiger partial charge in [-0.05, 0) is 46.3 Å². The SMILES string of the molecule is CCN1CC[C@H](CN(C)Cc2c(C)nn(CCO)c2C)C1. The van der Waals surface area contributed by atoms with E-state index in [9.17, 15) is 0 Å². The predicted octanol–water partition coefficient (Wildman–Crippen LogP) is 1.27. The zero-order valence-electron chi connectivity index (χ0n) is 14.0. The number of hydrogen-bond acceptors (Lipinski definition) is 4. The quantitative estimate of drug-likeness (QED) is 0.822. The lowest BCUT2D eigenvalue weighted by atomic mass is 10.1. The Morgan fingerprint density at radius 2 is 2.14 bits per heavy atom. The smallest absolute Gasteiger partial charge is 0.0644 e. The first-order valence-electron chi connectivity index (χ1n) is 8.09. The van der Waals surface area contributed by atoms with E-state index in [0.717, 1.165) is 24.7 Å². The fraction of sp³-hybridized carbons (Fsp3) is 0.812. The van der Waals surface area contributed by atoms with Crippen LogP contribution in [0, 0.1) is 19.8 Å². The van der Waals surface area contributed by atoms with Gasteiger partial charge < -0.3 is 14.9 Å². The topological polar surface area (TPSA) is 44.5 Å². The third kappa shape index (κ3) is 4.05. The van der Waals surface area contributed by atoms with Gasteiger partial charge in [0.05, 0.1) is 18.8 Å². The van der Waals surface area contributed by atoms with Gasteiger partial charge in [0, 0.05) is 30.9 Å². The van der Waals surface area contributed by atoms with Crippen LogP contribution in [-0.2, 0) is 13.1 Å². The van der Waals surface area contributed by atoms with Crippen LogP contribution < -0.4 is 0 Å². The highest BCUT2D eigenvalue weighted by molar-refractivity contribution is 5.24. The van der Waals surface area contributed by atoms with Gasteiger partial charge in [-0.15, -0.1) is 0 Å². The first-order valence-corrected chi connectivity index (χ1v) is 8.09. The Balaban J connectivity index is 1.92. The number of likely N-dealkylation sites (tertiary alicyclic amines) is 1. The van der Waals surface area contributed by atoms with E-state index in [1.54, 1.807) is 0 Å². The zero-order chi connectivity index (χ0) is 15.4. The molecule has 1 aliphatic heterocycles. The molecule has 0 saturated carbocycles. The first-order chi connectivity index (χ1) is 10.0. The van der Waals surface area contributed by atoms with E-state index in [2.05, 4.69) is 42.7 Å². The lowest BCUT2D eigenvalue weighted by Gasteiger charge is -2.21. The summed E-state index contributed by atoms with van der Waals surface area (Å²) in [6.45, 7) is 12.9. The third-order valence-corrected chi connectivity index (χ3v) is 4.66. The number of aliphatic hydroxyl groups is 1. The summed E-state index contributed by atoms with van der Waals surface area (Å²) in [5, 5.41) is 13.6. The van der Waals surface area contributed by atoms with Crippen LogP contribution in [0.25, 0.3) is 0 Å². The maximum absolute atomic E-state index is 9.09. The molecule has 1 aromatic rings. The van der Waals surface area contributed by atoms with Crippen molar-refractivity contribution in [1.29, 1.82) is 0 Å². The van der Waals surface area contributed by atoms with Crippen molar-refractivity contribution < 1.29 is 5.11 Å². The molecule has 1 atom stereocenters. The molecule has 0 aliphatic carbocycles. The van der Waals surface area contributed by atoms with Gasteiger partial charge >= 0.3 is 0 Å². The molecule has 0 aromatic carbocycles. The molecule has 1 saturated heterocycles. The highest BCUT2D eigenvalue weighted by atomic mass is 16.3. The molecule has 1 aromatic heterocycles. The van der Waals surface area contributed by atoms with Crippen molar-refractivity contribution in [3.8, 4) is 0 Å². The minimum atomic E-state index is 0.145. The largest absolute Gasteiger partial charge is 0.394 e. The molecule has 5 heteroatoms. The van der Waals surface area contributed by atoms with E-state index in [4.69, 9.17) is 5.11 Å². The second kappa shape index (κ2) is 7.38. The van der Waals surface area contributed by atoms with E-state index in [-0.39, 0.29) is 6.61 Å². The zero-order valence-corrected chi connectivity index (χ0v) is 14.0. The van der Waals surface area contributed by atoms with Crippen LogP contribution in [0.15, 0.2) is 0 Å². The molecule has 120 valence electrons. The van der Waals surface area contributed by atoms with Crippen molar-refractivity contribution in [2.45, 2.75) is 40.3 Å². The van der Waals surface area contributed by atoms with Gasteiger partial charge in [0.15, 0.2) is 0 Å². The molecular formula is C16H30N4O. The normalized spacial score (nSPS) is 19.8. The molecule has 0 radical (unpaired) electrons. The van der Waals surface area contributed by atoms with Crippen molar-refractivity contribution >= 4 is 0 Å². The monoisotopic (exact) mass is 294 g/mol. The molecule has 1 fully saturated rings. The molecule has 2 rings (SSSR count). The Kier molecular flexibility index (Phi) is 5.79. The second-order valence-corrected chi connectivity index (χ2v) is 6.34. The first kappa shape index (κ1) is 16.5. The predicted molar refractivity (Wildman–Crippen MR) is 85.3 cm³/mol. The Bertz CT molecular complexity index is 457. The minimum absolute atomic E-state index is 0.145. The molecule has 1 aliphatic rings. The lowest BCUT2D eigenvalue weighted by Crippen LogP contribution is -2.28. The number of aromatic nitrogens is 2. The van der Waals surface area contributed by atoms with Crippen molar-refractivity contribution in [1.82, 2.24) is 19.6 Å². The van der Waals surface area contributed by atoms with Crippen LogP contribution in [0.2, 0.25) is 0 Å². The van der Waals surface area contributed by atoms with Crippen LogP contribution in [0.5, 0.6) is 0 Å². The summed E-state index contributed by atoms with van der Waals surface area (Å²) in [5.74, 6) is 0.794. The summed E-state index contributed by atoms with van der Waals surface area (Å²) in [4.78, 5) is 4.96. The van der Waals surface area contributed by atoms with E-state index in [1.165, 1.54) is 37.3 Å². The number of hydrogen-bond donors (Lipinski definition) is 1. The van der Waals surface area contributed by atoms with Gasteiger partial charge in [-0.3, -0.25) is 4.68 Å². The van der Waals surface area contributed by atoms with E-state index < -0.39 is 0 Å². The summed E-state index contributed by atoms with van der Waals surface area (Å²) in [6, 6.07) is 0. The Morgan fingerprint density at radius 1 is 1.38 bits per heavy atom. The van der Waals surface area contributed by atoms with Gasteiger partial charge in [0.1, 0.15) is 0 Å². The third-order valence-electron chi connectivity index (χ3n) is 4.66. The number of aliphatic hydroxyl groups excluding tert-OH is 1. The number of rotatable bonds is 7. The van der Waals surface area contributed by atoms with Crippen LogP contribution in [0.3, 0.4) is 0 Å². The van der Waals surface area contributed by atoms with Crippen LogP contribution in [0.4, 0.5) is 0 Å². The van der Waals surface area contributed by atoms with Crippen molar-refractivity contribution in [2.75, 3.05) is 39.8 Å². The number of nitrogens with zero attached hydrogens (tertiary/aromatic N) is 4. The Morgan fingerprint density at radius 3 is 2.76 bits per heavy atom. The van der Waals surface area contributed by atoms with Crippen molar-refractivity contribution in [2.24, 2.45) is 5.92 Å². The van der Waals surface area contributed by atoms with E-state index >= 15 is 0 Å².